The Kier molecular flexibility index (Phi) is 5.68. The van der Waals surface area contributed by atoms with Gasteiger partial charge in [-0.3, -0.25) is 4.79 Å². The standard InChI is InChI=1S/C15H20N4O3S2/c1-9(2)13(20)16-14-17-18-15(23-14)24(21,22)19-11(4)12-7-5-10(3)6-8-12/h5-9,11,19H,1-4H3,(H,16,17,20)/t11-/m0/s1. The number of nitrogens with zero attached hydrogens (tertiary/aromatic N) is 2. The number of hydrogen-bond donors (Lipinski definition) is 2. The van der Waals surface area contributed by atoms with Gasteiger partial charge in [-0.05, 0) is 19.4 Å². The minimum atomic E-state index is -3.81. The molecule has 0 bridgehead atoms. The van der Waals surface area contributed by atoms with Crippen molar-refractivity contribution in [2.24, 2.45) is 5.92 Å². The molecule has 2 aromatic rings. The second kappa shape index (κ2) is 7.37. The van der Waals surface area contributed by atoms with E-state index in [1.54, 1.807) is 20.8 Å². The Balaban J connectivity index is 2.11. The smallest absolute Gasteiger partial charge is 0.270 e. The average molecular weight is 368 g/mol. The summed E-state index contributed by atoms with van der Waals surface area (Å²) in [6.45, 7) is 7.19. The maximum atomic E-state index is 12.4. The zero-order valence-electron chi connectivity index (χ0n) is 13.9. The van der Waals surface area contributed by atoms with Gasteiger partial charge in [0.25, 0.3) is 10.0 Å². The highest BCUT2D eigenvalue weighted by Gasteiger charge is 2.24. The highest BCUT2D eigenvalue weighted by molar-refractivity contribution is 7.91. The van der Waals surface area contributed by atoms with Gasteiger partial charge in [0.2, 0.25) is 15.4 Å². The van der Waals surface area contributed by atoms with Crippen LogP contribution in [0.3, 0.4) is 0 Å². The Labute approximate surface area is 145 Å². The van der Waals surface area contributed by atoms with E-state index in [-0.39, 0.29) is 21.3 Å². The topological polar surface area (TPSA) is 101 Å². The molecule has 9 heteroatoms. The highest BCUT2D eigenvalue weighted by atomic mass is 32.2. The molecule has 1 aromatic carbocycles. The number of amides is 1. The van der Waals surface area contributed by atoms with Crippen molar-refractivity contribution in [2.75, 3.05) is 5.32 Å². The molecule has 1 heterocycles. The number of sulfonamides is 1. The SMILES string of the molecule is Cc1ccc([C@H](C)NS(=O)(=O)c2nnc(NC(=O)C(C)C)s2)cc1. The normalized spacial score (nSPS) is 13.0. The summed E-state index contributed by atoms with van der Waals surface area (Å²) in [5.74, 6) is -0.468. The van der Waals surface area contributed by atoms with Gasteiger partial charge in [-0.15, -0.1) is 10.2 Å². The predicted molar refractivity (Wildman–Crippen MR) is 93.3 cm³/mol. The third kappa shape index (κ3) is 4.59. The van der Waals surface area contributed by atoms with Crippen LogP contribution >= 0.6 is 11.3 Å². The maximum Gasteiger partial charge on any atom is 0.270 e. The molecule has 1 aromatic heterocycles. The lowest BCUT2D eigenvalue weighted by Gasteiger charge is -2.13. The fraction of sp³-hybridized carbons (Fsp3) is 0.400. The first kappa shape index (κ1) is 18.5. The van der Waals surface area contributed by atoms with Crippen LogP contribution in [0.5, 0.6) is 0 Å². The first-order chi connectivity index (χ1) is 11.2. The summed E-state index contributed by atoms with van der Waals surface area (Å²) >= 11 is 0.821. The van der Waals surface area contributed by atoms with Crippen molar-refractivity contribution in [3.05, 3.63) is 35.4 Å². The molecule has 0 saturated carbocycles. The summed E-state index contributed by atoms with van der Waals surface area (Å²) in [7, 11) is -3.81. The molecular formula is C15H20N4O3S2. The molecule has 24 heavy (non-hydrogen) atoms. The number of aryl methyl sites for hydroxylation is 1. The van der Waals surface area contributed by atoms with Gasteiger partial charge in [-0.2, -0.15) is 0 Å². The highest BCUT2D eigenvalue weighted by Crippen LogP contribution is 2.23. The van der Waals surface area contributed by atoms with Crippen LogP contribution in [-0.4, -0.2) is 24.5 Å². The number of nitrogens with one attached hydrogen (secondary N) is 2. The number of hydrogen-bond acceptors (Lipinski definition) is 6. The number of benzene rings is 1. The lowest BCUT2D eigenvalue weighted by atomic mass is 10.1. The lowest BCUT2D eigenvalue weighted by molar-refractivity contribution is -0.118. The fourth-order valence-corrected chi connectivity index (χ4v) is 3.98. The quantitative estimate of drug-likeness (QED) is 0.763. The van der Waals surface area contributed by atoms with Crippen molar-refractivity contribution in [3.63, 3.8) is 0 Å². The summed E-state index contributed by atoms with van der Waals surface area (Å²) in [6, 6.07) is 7.18. The Morgan fingerprint density at radius 3 is 2.33 bits per heavy atom. The van der Waals surface area contributed by atoms with Crippen molar-refractivity contribution < 1.29 is 13.2 Å². The summed E-state index contributed by atoms with van der Waals surface area (Å²) in [4.78, 5) is 11.6. The second-order valence-corrected chi connectivity index (χ2v) is 8.64. The lowest BCUT2D eigenvalue weighted by Crippen LogP contribution is -2.26. The molecule has 2 rings (SSSR count). The molecule has 0 saturated heterocycles. The number of aromatic nitrogens is 2. The molecule has 0 aliphatic carbocycles. The molecule has 1 atom stereocenters. The summed E-state index contributed by atoms with van der Waals surface area (Å²) in [5.41, 5.74) is 1.95. The van der Waals surface area contributed by atoms with Crippen molar-refractivity contribution in [3.8, 4) is 0 Å². The maximum absolute atomic E-state index is 12.4. The number of anilines is 1. The number of carbonyl (C=O) groups is 1. The van der Waals surface area contributed by atoms with Crippen LogP contribution in [-0.2, 0) is 14.8 Å². The zero-order valence-corrected chi connectivity index (χ0v) is 15.5. The van der Waals surface area contributed by atoms with Gasteiger partial charge in [0.1, 0.15) is 0 Å². The van der Waals surface area contributed by atoms with E-state index in [1.807, 2.05) is 31.2 Å². The third-order valence-electron chi connectivity index (χ3n) is 3.30. The fourth-order valence-electron chi connectivity index (χ4n) is 1.82. The summed E-state index contributed by atoms with van der Waals surface area (Å²) in [6.07, 6.45) is 0. The van der Waals surface area contributed by atoms with Crippen LogP contribution < -0.4 is 10.0 Å². The molecule has 2 N–H and O–H groups in total. The molecule has 0 unspecified atom stereocenters. The van der Waals surface area contributed by atoms with E-state index in [0.717, 1.165) is 22.5 Å². The third-order valence-corrected chi connectivity index (χ3v) is 6.05. The van der Waals surface area contributed by atoms with Crippen molar-refractivity contribution >= 4 is 32.4 Å². The van der Waals surface area contributed by atoms with Gasteiger partial charge in [0.15, 0.2) is 0 Å². The van der Waals surface area contributed by atoms with Crippen molar-refractivity contribution in [2.45, 2.75) is 38.1 Å². The number of rotatable bonds is 6. The first-order valence-electron chi connectivity index (χ1n) is 7.42. The Bertz CT molecular complexity index is 813. The van der Waals surface area contributed by atoms with Crippen LogP contribution in [0.15, 0.2) is 28.6 Å². The summed E-state index contributed by atoms with van der Waals surface area (Å²) < 4.78 is 27.2. The average Bonchev–Trinajstić information content (AvgIpc) is 2.96. The van der Waals surface area contributed by atoms with Crippen LogP contribution in [0.4, 0.5) is 5.13 Å². The molecule has 7 nitrogen and oxygen atoms in total. The monoisotopic (exact) mass is 368 g/mol. The molecule has 130 valence electrons. The molecule has 0 fully saturated rings. The van der Waals surface area contributed by atoms with Crippen LogP contribution in [0, 0.1) is 12.8 Å². The van der Waals surface area contributed by atoms with Crippen LogP contribution in [0.1, 0.15) is 37.9 Å². The largest absolute Gasteiger partial charge is 0.300 e. The van der Waals surface area contributed by atoms with Gasteiger partial charge in [0, 0.05) is 12.0 Å². The minimum absolute atomic E-state index is 0.164. The van der Waals surface area contributed by atoms with Gasteiger partial charge < -0.3 is 5.32 Å². The van der Waals surface area contributed by atoms with Gasteiger partial charge in [0.05, 0.1) is 0 Å². The molecule has 0 spiro atoms. The van der Waals surface area contributed by atoms with Crippen LogP contribution in [0.25, 0.3) is 0 Å². The Morgan fingerprint density at radius 1 is 1.12 bits per heavy atom. The molecule has 0 aliphatic heterocycles. The Morgan fingerprint density at radius 2 is 1.75 bits per heavy atom. The van der Waals surface area contributed by atoms with E-state index in [2.05, 4.69) is 20.2 Å². The van der Waals surface area contributed by atoms with Crippen LogP contribution in [0.2, 0.25) is 0 Å². The van der Waals surface area contributed by atoms with Gasteiger partial charge in [-0.25, -0.2) is 13.1 Å². The van der Waals surface area contributed by atoms with E-state index in [4.69, 9.17) is 0 Å². The molecular weight excluding hydrogens is 348 g/mol. The van der Waals surface area contributed by atoms with E-state index in [9.17, 15) is 13.2 Å². The molecule has 0 radical (unpaired) electrons. The summed E-state index contributed by atoms with van der Waals surface area (Å²) in [5, 5.41) is 10.1. The minimum Gasteiger partial charge on any atom is -0.300 e. The van der Waals surface area contributed by atoms with Gasteiger partial charge in [-0.1, -0.05) is 55.0 Å². The number of carbonyl (C=O) groups excluding carboxylic acids is 1. The van der Waals surface area contributed by atoms with E-state index >= 15 is 0 Å². The van der Waals surface area contributed by atoms with E-state index in [1.165, 1.54) is 0 Å². The van der Waals surface area contributed by atoms with E-state index in [0.29, 0.717) is 0 Å². The Hall–Kier alpha value is -1.84. The second-order valence-electron chi connectivity index (χ2n) is 5.77. The molecule has 1 amide bonds. The van der Waals surface area contributed by atoms with Crippen molar-refractivity contribution in [1.82, 2.24) is 14.9 Å². The first-order valence-corrected chi connectivity index (χ1v) is 9.72. The zero-order chi connectivity index (χ0) is 17.9. The molecule has 0 aliphatic rings. The van der Waals surface area contributed by atoms with Crippen molar-refractivity contribution in [1.29, 1.82) is 0 Å². The predicted octanol–water partition coefficient (Wildman–Crippen LogP) is 2.48. The van der Waals surface area contributed by atoms with E-state index < -0.39 is 16.1 Å². The van der Waals surface area contributed by atoms with Gasteiger partial charge >= 0.3 is 0 Å².